The predicted molar refractivity (Wildman–Crippen MR) is 77.9 cm³/mol. The van der Waals surface area contributed by atoms with E-state index in [0.717, 1.165) is 38.6 Å². The molecule has 1 atom stereocenters. The summed E-state index contributed by atoms with van der Waals surface area (Å²) < 4.78 is 0. The molecule has 0 spiro atoms. The van der Waals surface area contributed by atoms with Crippen molar-refractivity contribution in [2.24, 2.45) is 5.92 Å². The Bertz CT molecular complexity index is 324. The molecule has 1 unspecified atom stereocenters. The fraction of sp³-hybridized carbons (Fsp3) is 0.933. The van der Waals surface area contributed by atoms with Crippen molar-refractivity contribution in [3.05, 3.63) is 0 Å². The van der Waals surface area contributed by atoms with E-state index in [4.69, 9.17) is 0 Å². The van der Waals surface area contributed by atoms with Gasteiger partial charge in [-0.05, 0) is 25.7 Å². The Balaban J connectivity index is 1.76. The van der Waals surface area contributed by atoms with Crippen molar-refractivity contribution in [2.75, 3.05) is 39.3 Å². The van der Waals surface area contributed by atoms with Gasteiger partial charge in [-0.1, -0.05) is 13.8 Å². The Morgan fingerprint density at radius 2 is 1.79 bits per heavy atom. The summed E-state index contributed by atoms with van der Waals surface area (Å²) in [6, 6.07) is 3.06. The Morgan fingerprint density at radius 3 is 2.26 bits per heavy atom. The molecule has 4 nitrogen and oxygen atoms in total. The average Bonchev–Trinajstić information content (AvgIpc) is 3.15. The van der Waals surface area contributed by atoms with Crippen LogP contribution in [0.2, 0.25) is 0 Å². The monoisotopic (exact) mass is 264 g/mol. The van der Waals surface area contributed by atoms with E-state index in [9.17, 15) is 5.26 Å². The van der Waals surface area contributed by atoms with Gasteiger partial charge in [0, 0.05) is 45.3 Å². The molecule has 0 aromatic rings. The minimum Gasteiger partial charge on any atom is -0.301 e. The lowest BCUT2D eigenvalue weighted by Crippen LogP contribution is -2.56. The summed E-state index contributed by atoms with van der Waals surface area (Å²) in [5.74, 6) is 0.743. The number of hydrogen-bond donors (Lipinski definition) is 1. The van der Waals surface area contributed by atoms with Gasteiger partial charge < -0.3 is 4.90 Å². The number of rotatable bonds is 6. The van der Waals surface area contributed by atoms with E-state index in [1.54, 1.807) is 0 Å². The molecule has 0 radical (unpaired) electrons. The molecule has 1 saturated heterocycles. The highest BCUT2D eigenvalue weighted by Gasteiger charge is 2.34. The fourth-order valence-electron chi connectivity index (χ4n) is 2.89. The second-order valence-electron chi connectivity index (χ2n) is 6.83. The predicted octanol–water partition coefficient (Wildman–Crippen LogP) is 1.29. The van der Waals surface area contributed by atoms with Gasteiger partial charge in [-0.25, -0.2) is 0 Å². The van der Waals surface area contributed by atoms with Crippen molar-refractivity contribution in [1.82, 2.24) is 15.1 Å². The maximum atomic E-state index is 9.41. The summed E-state index contributed by atoms with van der Waals surface area (Å²) in [5, 5.41) is 12.9. The molecule has 1 N–H and O–H groups in total. The second kappa shape index (κ2) is 6.21. The van der Waals surface area contributed by atoms with E-state index >= 15 is 0 Å². The van der Waals surface area contributed by atoms with Gasteiger partial charge in [0.1, 0.15) is 5.54 Å². The molecule has 0 bridgehead atoms. The van der Waals surface area contributed by atoms with Gasteiger partial charge in [0.15, 0.2) is 0 Å². The molecule has 0 aromatic carbocycles. The summed E-state index contributed by atoms with van der Waals surface area (Å²) in [6.45, 7) is 13.1. The Morgan fingerprint density at radius 1 is 1.21 bits per heavy atom. The molecule has 2 fully saturated rings. The molecule has 4 heteroatoms. The molecule has 0 aromatic heterocycles. The van der Waals surface area contributed by atoms with Crippen molar-refractivity contribution >= 4 is 0 Å². The first kappa shape index (κ1) is 14.8. The van der Waals surface area contributed by atoms with Gasteiger partial charge in [-0.2, -0.15) is 5.26 Å². The van der Waals surface area contributed by atoms with Gasteiger partial charge in [0.2, 0.25) is 0 Å². The van der Waals surface area contributed by atoms with E-state index in [1.807, 2.05) is 6.92 Å². The summed E-state index contributed by atoms with van der Waals surface area (Å²) >= 11 is 0. The van der Waals surface area contributed by atoms with Crippen LogP contribution in [0.25, 0.3) is 0 Å². The van der Waals surface area contributed by atoms with E-state index in [-0.39, 0.29) is 5.54 Å². The Kier molecular flexibility index (Phi) is 4.83. The SMILES string of the molecule is CC(C)CN1CCN(CC(C)(C#N)NC2CC2)CC1. The quantitative estimate of drug-likeness (QED) is 0.785. The first-order valence-corrected chi connectivity index (χ1v) is 7.64. The number of nitriles is 1. The van der Waals surface area contributed by atoms with Crippen LogP contribution in [0.1, 0.15) is 33.6 Å². The molecule has 1 heterocycles. The zero-order valence-electron chi connectivity index (χ0n) is 12.7. The molecule has 2 rings (SSSR count). The largest absolute Gasteiger partial charge is 0.301 e. The third-order valence-corrected chi connectivity index (χ3v) is 3.97. The van der Waals surface area contributed by atoms with E-state index in [2.05, 4.69) is 35.0 Å². The average molecular weight is 264 g/mol. The number of nitrogens with one attached hydrogen (secondary N) is 1. The van der Waals surface area contributed by atoms with Crippen molar-refractivity contribution in [3.8, 4) is 6.07 Å². The minimum atomic E-state index is -0.374. The van der Waals surface area contributed by atoms with Crippen LogP contribution < -0.4 is 5.32 Å². The van der Waals surface area contributed by atoms with Gasteiger partial charge in [-0.3, -0.25) is 10.2 Å². The van der Waals surface area contributed by atoms with Crippen molar-refractivity contribution in [3.63, 3.8) is 0 Å². The van der Waals surface area contributed by atoms with Crippen LogP contribution in [0.3, 0.4) is 0 Å². The van der Waals surface area contributed by atoms with E-state index in [1.165, 1.54) is 19.4 Å². The Hall–Kier alpha value is -0.630. The van der Waals surface area contributed by atoms with Crippen LogP contribution in [0.15, 0.2) is 0 Å². The van der Waals surface area contributed by atoms with Crippen LogP contribution in [0, 0.1) is 17.2 Å². The van der Waals surface area contributed by atoms with Gasteiger partial charge in [0.25, 0.3) is 0 Å². The summed E-state index contributed by atoms with van der Waals surface area (Å²) in [6.07, 6.45) is 2.47. The highest BCUT2D eigenvalue weighted by Crippen LogP contribution is 2.23. The third kappa shape index (κ3) is 4.76. The molecule has 1 aliphatic heterocycles. The van der Waals surface area contributed by atoms with Crippen LogP contribution in [-0.4, -0.2) is 60.6 Å². The van der Waals surface area contributed by atoms with Crippen molar-refractivity contribution in [2.45, 2.75) is 45.2 Å². The third-order valence-electron chi connectivity index (χ3n) is 3.97. The molecular weight excluding hydrogens is 236 g/mol. The van der Waals surface area contributed by atoms with Gasteiger partial charge >= 0.3 is 0 Å². The minimum absolute atomic E-state index is 0.374. The molecule has 108 valence electrons. The van der Waals surface area contributed by atoms with Gasteiger partial charge in [-0.15, -0.1) is 0 Å². The van der Waals surface area contributed by atoms with Gasteiger partial charge in [0.05, 0.1) is 6.07 Å². The topological polar surface area (TPSA) is 42.3 Å². The summed E-state index contributed by atoms with van der Waals surface area (Å²) in [7, 11) is 0. The molecule has 0 amide bonds. The van der Waals surface area contributed by atoms with E-state index < -0.39 is 0 Å². The maximum Gasteiger partial charge on any atom is 0.116 e. The fourth-order valence-corrected chi connectivity index (χ4v) is 2.89. The highest BCUT2D eigenvalue weighted by molar-refractivity contribution is 5.09. The maximum absolute atomic E-state index is 9.41. The molecular formula is C15H28N4. The standard InChI is InChI=1S/C15H28N4/c1-13(2)10-18-6-8-19(9-7-18)12-15(3,11-16)17-14-4-5-14/h13-14,17H,4-10,12H2,1-3H3. The summed E-state index contributed by atoms with van der Waals surface area (Å²) in [4.78, 5) is 4.98. The van der Waals surface area contributed by atoms with Crippen LogP contribution >= 0.6 is 0 Å². The normalized spacial score (nSPS) is 25.2. The van der Waals surface area contributed by atoms with Crippen LogP contribution in [0.5, 0.6) is 0 Å². The molecule has 1 aliphatic carbocycles. The Labute approximate surface area is 117 Å². The smallest absolute Gasteiger partial charge is 0.116 e. The number of nitrogens with zero attached hydrogens (tertiary/aromatic N) is 3. The van der Waals surface area contributed by atoms with Crippen LogP contribution in [-0.2, 0) is 0 Å². The zero-order chi connectivity index (χ0) is 13.9. The van der Waals surface area contributed by atoms with E-state index in [0.29, 0.717) is 6.04 Å². The highest BCUT2D eigenvalue weighted by atomic mass is 15.3. The first-order valence-electron chi connectivity index (χ1n) is 7.64. The van der Waals surface area contributed by atoms with Crippen LogP contribution in [0.4, 0.5) is 0 Å². The molecule has 2 aliphatic rings. The lowest BCUT2D eigenvalue weighted by atomic mass is 10.0. The zero-order valence-corrected chi connectivity index (χ0v) is 12.7. The number of hydrogen-bond acceptors (Lipinski definition) is 4. The lowest BCUT2D eigenvalue weighted by Gasteiger charge is -2.38. The van der Waals surface area contributed by atoms with Crippen molar-refractivity contribution in [1.29, 1.82) is 5.26 Å². The summed E-state index contributed by atoms with van der Waals surface area (Å²) in [5.41, 5.74) is -0.374. The van der Waals surface area contributed by atoms with Crippen molar-refractivity contribution < 1.29 is 0 Å². The number of piperazine rings is 1. The molecule has 19 heavy (non-hydrogen) atoms. The second-order valence-corrected chi connectivity index (χ2v) is 6.83. The lowest BCUT2D eigenvalue weighted by molar-refractivity contribution is 0.107. The first-order chi connectivity index (χ1) is 9.00. The molecule has 1 saturated carbocycles.